The Morgan fingerprint density at radius 2 is 1.88 bits per heavy atom. The van der Waals surface area contributed by atoms with Gasteiger partial charge in [0.15, 0.2) is 0 Å². The molecular formula is C11H11ClFNOS. The SMILES string of the molecule is CC.Fc1ccc(Oc2nc(Cl)cs2)cc1. The van der Waals surface area contributed by atoms with Crippen molar-refractivity contribution < 1.29 is 9.13 Å². The number of aromatic nitrogens is 1. The van der Waals surface area contributed by atoms with Crippen molar-refractivity contribution in [2.75, 3.05) is 0 Å². The number of hydrogen-bond acceptors (Lipinski definition) is 3. The van der Waals surface area contributed by atoms with E-state index in [1.807, 2.05) is 13.8 Å². The minimum Gasteiger partial charge on any atom is -0.431 e. The zero-order chi connectivity index (χ0) is 12.0. The molecule has 0 fully saturated rings. The van der Waals surface area contributed by atoms with E-state index in [-0.39, 0.29) is 5.82 Å². The Hall–Kier alpha value is -1.13. The van der Waals surface area contributed by atoms with E-state index in [9.17, 15) is 4.39 Å². The molecule has 2 nitrogen and oxygen atoms in total. The van der Waals surface area contributed by atoms with E-state index in [0.717, 1.165) is 0 Å². The zero-order valence-corrected chi connectivity index (χ0v) is 10.5. The molecule has 0 saturated heterocycles. The van der Waals surface area contributed by atoms with E-state index in [1.165, 1.54) is 35.6 Å². The highest BCUT2D eigenvalue weighted by molar-refractivity contribution is 7.11. The third-order valence-electron chi connectivity index (χ3n) is 1.47. The Bertz CT molecular complexity index is 430. The second kappa shape index (κ2) is 6.45. The van der Waals surface area contributed by atoms with Crippen molar-refractivity contribution in [3.63, 3.8) is 0 Å². The molecule has 1 heterocycles. The number of halogens is 2. The van der Waals surface area contributed by atoms with Crippen molar-refractivity contribution in [2.45, 2.75) is 13.8 Å². The normalized spacial score (nSPS) is 9.25. The van der Waals surface area contributed by atoms with Gasteiger partial charge in [-0.3, -0.25) is 0 Å². The maximum Gasteiger partial charge on any atom is 0.280 e. The summed E-state index contributed by atoms with van der Waals surface area (Å²) in [6, 6.07) is 5.71. The molecule has 2 rings (SSSR count). The molecule has 1 aromatic heterocycles. The minimum atomic E-state index is -0.297. The minimum absolute atomic E-state index is 0.297. The van der Waals surface area contributed by atoms with Gasteiger partial charge in [0.25, 0.3) is 5.19 Å². The summed E-state index contributed by atoms with van der Waals surface area (Å²) in [5, 5.41) is 2.51. The van der Waals surface area contributed by atoms with Crippen LogP contribution in [0.1, 0.15) is 13.8 Å². The second-order valence-electron chi connectivity index (χ2n) is 2.49. The summed E-state index contributed by atoms with van der Waals surface area (Å²) in [4.78, 5) is 3.90. The van der Waals surface area contributed by atoms with Gasteiger partial charge in [-0.25, -0.2) is 4.39 Å². The summed E-state index contributed by atoms with van der Waals surface area (Å²) in [5.74, 6) is 0.243. The first-order valence-corrected chi connectivity index (χ1v) is 6.04. The predicted molar refractivity (Wildman–Crippen MR) is 64.9 cm³/mol. The van der Waals surface area contributed by atoms with Crippen molar-refractivity contribution in [2.24, 2.45) is 0 Å². The topological polar surface area (TPSA) is 22.1 Å². The van der Waals surface area contributed by atoms with Gasteiger partial charge in [-0.1, -0.05) is 36.8 Å². The number of hydrogen-bond donors (Lipinski definition) is 0. The highest BCUT2D eigenvalue weighted by Gasteiger charge is 2.02. The van der Waals surface area contributed by atoms with Crippen LogP contribution in [0.2, 0.25) is 5.15 Å². The maximum atomic E-state index is 12.5. The molecule has 2 aromatic rings. The number of benzene rings is 1. The van der Waals surface area contributed by atoms with Crippen LogP contribution < -0.4 is 4.74 Å². The maximum absolute atomic E-state index is 12.5. The average Bonchev–Trinajstić information content (AvgIpc) is 2.70. The van der Waals surface area contributed by atoms with Crippen LogP contribution in [-0.2, 0) is 0 Å². The van der Waals surface area contributed by atoms with E-state index >= 15 is 0 Å². The van der Waals surface area contributed by atoms with Gasteiger partial charge in [0, 0.05) is 5.38 Å². The van der Waals surface area contributed by atoms with Gasteiger partial charge in [0.1, 0.15) is 16.7 Å². The molecule has 0 bridgehead atoms. The molecule has 0 amide bonds. The molecule has 0 aliphatic heterocycles. The smallest absolute Gasteiger partial charge is 0.280 e. The van der Waals surface area contributed by atoms with Gasteiger partial charge in [-0.05, 0) is 24.3 Å². The first kappa shape index (κ1) is 12.9. The fraction of sp³-hybridized carbons (Fsp3) is 0.182. The molecule has 16 heavy (non-hydrogen) atoms. The van der Waals surface area contributed by atoms with Gasteiger partial charge < -0.3 is 4.74 Å². The Kier molecular flexibility index (Phi) is 5.22. The summed E-state index contributed by atoms with van der Waals surface area (Å²) in [6.45, 7) is 4.00. The Morgan fingerprint density at radius 3 is 2.38 bits per heavy atom. The van der Waals surface area contributed by atoms with Crippen molar-refractivity contribution in [3.8, 4) is 10.9 Å². The van der Waals surface area contributed by atoms with Gasteiger partial charge in [-0.2, -0.15) is 4.98 Å². The van der Waals surface area contributed by atoms with Crippen LogP contribution in [0.25, 0.3) is 0 Å². The Morgan fingerprint density at radius 1 is 1.25 bits per heavy atom. The summed E-state index contributed by atoms with van der Waals surface area (Å²) < 4.78 is 17.9. The van der Waals surface area contributed by atoms with E-state index in [4.69, 9.17) is 16.3 Å². The molecule has 0 N–H and O–H groups in total. The molecule has 0 aliphatic carbocycles. The number of ether oxygens (including phenoxy) is 1. The third-order valence-corrected chi connectivity index (χ3v) is 2.51. The van der Waals surface area contributed by atoms with Crippen LogP contribution in [0.3, 0.4) is 0 Å². The number of nitrogens with zero attached hydrogens (tertiary/aromatic N) is 1. The highest BCUT2D eigenvalue weighted by Crippen LogP contribution is 2.26. The average molecular weight is 260 g/mol. The van der Waals surface area contributed by atoms with Crippen molar-refractivity contribution in [1.82, 2.24) is 4.98 Å². The molecule has 0 unspecified atom stereocenters. The standard InChI is InChI=1S/C9H5ClFNOS.C2H6/c10-8-5-14-9(12-8)13-7-3-1-6(11)2-4-7;1-2/h1-5H;1-2H3. The lowest BCUT2D eigenvalue weighted by molar-refractivity contribution is 0.477. The Labute approximate surface area is 103 Å². The lowest BCUT2D eigenvalue weighted by Crippen LogP contribution is -1.82. The highest BCUT2D eigenvalue weighted by atomic mass is 35.5. The number of thiazole rings is 1. The van der Waals surface area contributed by atoms with E-state index < -0.39 is 0 Å². The molecule has 1 aromatic carbocycles. The molecule has 0 aliphatic rings. The predicted octanol–water partition coefficient (Wildman–Crippen LogP) is 4.75. The fourth-order valence-electron chi connectivity index (χ4n) is 0.889. The van der Waals surface area contributed by atoms with Crippen LogP contribution in [-0.4, -0.2) is 4.98 Å². The molecular weight excluding hydrogens is 249 g/mol. The van der Waals surface area contributed by atoms with Crippen LogP contribution in [0, 0.1) is 5.82 Å². The summed E-state index contributed by atoms with van der Waals surface area (Å²) in [7, 11) is 0. The molecule has 5 heteroatoms. The molecule has 0 saturated carbocycles. The quantitative estimate of drug-likeness (QED) is 0.776. The first-order valence-electron chi connectivity index (χ1n) is 4.78. The van der Waals surface area contributed by atoms with Crippen molar-refractivity contribution in [3.05, 3.63) is 40.6 Å². The monoisotopic (exact) mass is 259 g/mol. The zero-order valence-electron chi connectivity index (χ0n) is 8.91. The van der Waals surface area contributed by atoms with Crippen molar-refractivity contribution >= 4 is 22.9 Å². The summed E-state index contributed by atoms with van der Waals surface area (Å²) in [6.07, 6.45) is 0. The van der Waals surface area contributed by atoms with Crippen molar-refractivity contribution in [1.29, 1.82) is 0 Å². The van der Waals surface area contributed by atoms with E-state index in [2.05, 4.69) is 4.98 Å². The van der Waals surface area contributed by atoms with Gasteiger partial charge >= 0.3 is 0 Å². The number of rotatable bonds is 2. The fourth-order valence-corrected chi connectivity index (χ4v) is 1.70. The summed E-state index contributed by atoms with van der Waals surface area (Å²) >= 11 is 6.90. The largest absolute Gasteiger partial charge is 0.431 e. The van der Waals surface area contributed by atoms with Crippen LogP contribution in [0.5, 0.6) is 10.9 Å². The van der Waals surface area contributed by atoms with E-state index in [1.54, 1.807) is 5.38 Å². The molecule has 0 atom stereocenters. The summed E-state index contributed by atoms with van der Waals surface area (Å²) in [5.41, 5.74) is 0. The van der Waals surface area contributed by atoms with Gasteiger partial charge in [0.05, 0.1) is 0 Å². The Balaban J connectivity index is 0.000000606. The third kappa shape index (κ3) is 3.79. The van der Waals surface area contributed by atoms with Gasteiger partial charge in [-0.15, -0.1) is 0 Å². The van der Waals surface area contributed by atoms with E-state index in [0.29, 0.717) is 16.1 Å². The first-order chi connectivity index (χ1) is 7.74. The second-order valence-corrected chi connectivity index (χ2v) is 3.70. The molecule has 0 spiro atoms. The van der Waals surface area contributed by atoms with Crippen LogP contribution in [0.4, 0.5) is 4.39 Å². The molecule has 86 valence electrons. The van der Waals surface area contributed by atoms with Gasteiger partial charge in [0.2, 0.25) is 0 Å². The lowest BCUT2D eigenvalue weighted by atomic mass is 10.3. The molecule has 0 radical (unpaired) electrons. The van der Waals surface area contributed by atoms with Crippen LogP contribution >= 0.6 is 22.9 Å². The lowest BCUT2D eigenvalue weighted by Gasteiger charge is -1.99. The van der Waals surface area contributed by atoms with Crippen LogP contribution in [0.15, 0.2) is 29.6 Å².